The van der Waals surface area contributed by atoms with Crippen molar-refractivity contribution in [2.75, 3.05) is 5.32 Å². The van der Waals surface area contributed by atoms with Crippen LogP contribution in [-0.4, -0.2) is 18.4 Å². The molecule has 0 aliphatic heterocycles. The smallest absolute Gasteiger partial charge is 0.404 e. The van der Waals surface area contributed by atoms with E-state index in [9.17, 15) is 31.1 Å². The van der Waals surface area contributed by atoms with Gasteiger partial charge in [-0.3, -0.25) is 4.79 Å². The molecule has 0 bridgehead atoms. The van der Waals surface area contributed by atoms with Crippen LogP contribution in [0.1, 0.15) is 0 Å². The maximum Gasteiger partial charge on any atom is 0.573 e. The van der Waals surface area contributed by atoms with E-state index in [1.54, 1.807) is 0 Å². The predicted octanol–water partition coefficient (Wildman–Crippen LogP) is 3.09. The molecule has 0 aromatic heterocycles. The molecule has 0 atom stereocenters. The highest BCUT2D eigenvalue weighted by Crippen LogP contribution is 2.31. The van der Waals surface area contributed by atoms with Crippen LogP contribution in [0, 0.1) is 0 Å². The lowest BCUT2D eigenvalue weighted by Crippen LogP contribution is -2.30. The Morgan fingerprint density at radius 3 is 2.11 bits per heavy atom. The fraction of sp³-hybridized carbons (Fsp3) is 0.222. The van der Waals surface area contributed by atoms with Gasteiger partial charge in [-0.1, -0.05) is 12.1 Å². The van der Waals surface area contributed by atoms with Crippen molar-refractivity contribution in [2.45, 2.75) is 12.5 Å². The van der Waals surface area contributed by atoms with E-state index in [1.807, 2.05) is 0 Å². The fourth-order valence-corrected chi connectivity index (χ4v) is 0.977. The number of alkyl halides is 6. The molecule has 0 aliphatic rings. The normalized spacial score (nSPS) is 12.1. The third-order valence-electron chi connectivity index (χ3n) is 1.62. The Hall–Kier alpha value is -1.93. The Kier molecular flexibility index (Phi) is 3.73. The van der Waals surface area contributed by atoms with Crippen LogP contribution in [0.4, 0.5) is 32.0 Å². The van der Waals surface area contributed by atoms with Gasteiger partial charge in [0.25, 0.3) is 0 Å². The van der Waals surface area contributed by atoms with Gasteiger partial charge in [-0.25, -0.2) is 0 Å². The van der Waals surface area contributed by atoms with Gasteiger partial charge in [0.2, 0.25) is 0 Å². The second-order valence-corrected chi connectivity index (χ2v) is 3.00. The third kappa shape index (κ3) is 4.15. The Labute approximate surface area is 96.3 Å². The number of para-hydroxylation sites is 2. The summed E-state index contributed by atoms with van der Waals surface area (Å²) < 4.78 is 75.1. The molecule has 0 saturated heterocycles. The molecule has 0 fully saturated rings. The number of hydrogen-bond acceptors (Lipinski definition) is 2. The lowest BCUT2D eigenvalue weighted by Gasteiger charge is -2.14. The van der Waals surface area contributed by atoms with E-state index in [4.69, 9.17) is 0 Å². The molecule has 0 aliphatic carbocycles. The number of benzene rings is 1. The monoisotopic (exact) mass is 273 g/mol. The minimum absolute atomic E-state index is 0.725. The number of amides is 1. The van der Waals surface area contributed by atoms with Crippen molar-refractivity contribution in [3.8, 4) is 5.75 Å². The summed E-state index contributed by atoms with van der Waals surface area (Å²) in [6.07, 6.45) is -10.3. The van der Waals surface area contributed by atoms with Gasteiger partial charge in [-0.2, -0.15) is 13.2 Å². The van der Waals surface area contributed by atoms with E-state index in [0.717, 1.165) is 24.3 Å². The van der Waals surface area contributed by atoms with E-state index in [-0.39, 0.29) is 0 Å². The topological polar surface area (TPSA) is 38.3 Å². The zero-order valence-corrected chi connectivity index (χ0v) is 8.39. The molecule has 1 amide bonds. The van der Waals surface area contributed by atoms with Crippen molar-refractivity contribution < 1.29 is 35.9 Å². The molecule has 1 aromatic rings. The van der Waals surface area contributed by atoms with E-state index >= 15 is 0 Å². The van der Waals surface area contributed by atoms with Crippen LogP contribution in [0.5, 0.6) is 5.75 Å². The standard InChI is InChI=1S/C9H5F6NO2/c10-8(11,12)7(17)16-5-3-1-2-4-6(5)18-9(13,14)15/h1-4H,(H,16,17). The quantitative estimate of drug-likeness (QED) is 0.841. The van der Waals surface area contributed by atoms with Crippen LogP contribution in [0.3, 0.4) is 0 Å². The maximum absolute atomic E-state index is 11.9. The first-order valence-electron chi connectivity index (χ1n) is 4.32. The molecule has 100 valence electrons. The van der Waals surface area contributed by atoms with E-state index in [2.05, 4.69) is 4.74 Å². The Morgan fingerprint density at radius 1 is 1.06 bits per heavy atom. The van der Waals surface area contributed by atoms with Crippen LogP contribution < -0.4 is 10.1 Å². The highest BCUT2D eigenvalue weighted by atomic mass is 19.4. The minimum Gasteiger partial charge on any atom is -0.404 e. The number of rotatable bonds is 2. The average Bonchev–Trinajstić information content (AvgIpc) is 2.17. The molecule has 1 rings (SSSR count). The molecule has 18 heavy (non-hydrogen) atoms. The van der Waals surface area contributed by atoms with Crippen LogP contribution in [0.15, 0.2) is 24.3 Å². The first-order valence-corrected chi connectivity index (χ1v) is 4.32. The molecule has 1 aromatic carbocycles. The second kappa shape index (κ2) is 4.75. The van der Waals surface area contributed by atoms with Gasteiger partial charge in [0.15, 0.2) is 5.75 Å². The second-order valence-electron chi connectivity index (χ2n) is 3.00. The van der Waals surface area contributed by atoms with Gasteiger partial charge in [0.05, 0.1) is 5.69 Å². The van der Waals surface area contributed by atoms with Crippen LogP contribution in [0.25, 0.3) is 0 Å². The van der Waals surface area contributed by atoms with Gasteiger partial charge in [0.1, 0.15) is 0 Å². The molecular formula is C9H5F6NO2. The van der Waals surface area contributed by atoms with E-state index in [1.165, 1.54) is 5.32 Å². The number of carbonyl (C=O) groups excluding carboxylic acids is 1. The van der Waals surface area contributed by atoms with Crippen molar-refractivity contribution >= 4 is 11.6 Å². The summed E-state index contributed by atoms with van der Waals surface area (Å²) in [7, 11) is 0. The highest BCUT2D eigenvalue weighted by molar-refractivity contribution is 5.96. The van der Waals surface area contributed by atoms with Gasteiger partial charge < -0.3 is 10.1 Å². The van der Waals surface area contributed by atoms with E-state index < -0.39 is 29.9 Å². The third-order valence-corrected chi connectivity index (χ3v) is 1.62. The average molecular weight is 273 g/mol. The van der Waals surface area contributed by atoms with E-state index in [0.29, 0.717) is 0 Å². The van der Waals surface area contributed by atoms with Gasteiger partial charge in [-0.15, -0.1) is 13.2 Å². The van der Waals surface area contributed by atoms with Crippen molar-refractivity contribution in [1.29, 1.82) is 0 Å². The first-order chi connectivity index (χ1) is 8.09. The molecule has 0 saturated carbocycles. The number of anilines is 1. The van der Waals surface area contributed by atoms with Crippen LogP contribution in [0.2, 0.25) is 0 Å². The Bertz CT molecular complexity index is 439. The fourth-order valence-electron chi connectivity index (χ4n) is 0.977. The van der Waals surface area contributed by atoms with Gasteiger partial charge in [-0.05, 0) is 12.1 Å². The number of ether oxygens (including phenoxy) is 1. The number of carbonyl (C=O) groups is 1. The summed E-state index contributed by atoms with van der Waals surface area (Å²) in [6, 6.07) is 3.89. The molecule has 0 radical (unpaired) electrons. The van der Waals surface area contributed by atoms with Crippen molar-refractivity contribution in [2.24, 2.45) is 0 Å². The zero-order chi connectivity index (χ0) is 14.0. The number of nitrogens with one attached hydrogen (secondary N) is 1. The number of hydrogen-bond donors (Lipinski definition) is 1. The van der Waals surface area contributed by atoms with Crippen molar-refractivity contribution in [1.82, 2.24) is 0 Å². The Morgan fingerprint density at radius 2 is 1.61 bits per heavy atom. The van der Waals surface area contributed by atoms with Crippen molar-refractivity contribution in [3.05, 3.63) is 24.3 Å². The van der Waals surface area contributed by atoms with Crippen LogP contribution >= 0.6 is 0 Å². The summed E-state index contributed by atoms with van der Waals surface area (Å²) in [5.41, 5.74) is -0.725. The summed E-state index contributed by atoms with van der Waals surface area (Å²) in [5.74, 6) is -3.32. The number of halogens is 6. The lowest BCUT2D eigenvalue weighted by molar-refractivity contribution is -0.274. The summed E-state index contributed by atoms with van der Waals surface area (Å²) in [6.45, 7) is 0. The first kappa shape index (κ1) is 14.1. The zero-order valence-electron chi connectivity index (χ0n) is 8.39. The van der Waals surface area contributed by atoms with Crippen molar-refractivity contribution in [3.63, 3.8) is 0 Å². The molecule has 3 nitrogen and oxygen atoms in total. The molecule has 1 N–H and O–H groups in total. The minimum atomic E-state index is -5.20. The highest BCUT2D eigenvalue weighted by Gasteiger charge is 2.39. The van der Waals surface area contributed by atoms with Gasteiger partial charge in [0, 0.05) is 0 Å². The largest absolute Gasteiger partial charge is 0.573 e. The molecule has 0 spiro atoms. The summed E-state index contributed by atoms with van der Waals surface area (Å²) >= 11 is 0. The lowest BCUT2D eigenvalue weighted by atomic mass is 10.3. The van der Waals surface area contributed by atoms with Crippen LogP contribution in [-0.2, 0) is 4.79 Å². The predicted molar refractivity (Wildman–Crippen MR) is 47.8 cm³/mol. The summed E-state index contributed by atoms with van der Waals surface area (Å²) in [5, 5.41) is 1.28. The Balaban J connectivity index is 2.93. The molecule has 0 heterocycles. The molecular weight excluding hydrogens is 268 g/mol. The maximum atomic E-state index is 11.9. The summed E-state index contributed by atoms with van der Waals surface area (Å²) in [4.78, 5) is 10.6. The SMILES string of the molecule is O=C(Nc1ccccc1OC(F)(F)F)C(F)(F)F. The molecule has 9 heteroatoms. The molecule has 0 unspecified atom stereocenters. The van der Waals surface area contributed by atoms with Gasteiger partial charge >= 0.3 is 18.4 Å².